The van der Waals surface area contributed by atoms with Gasteiger partial charge in [-0.25, -0.2) is 9.82 Å². The molecule has 96 valence electrons. The third-order valence-electron chi connectivity index (χ3n) is 3.05. The van der Waals surface area contributed by atoms with E-state index in [1.54, 1.807) is 12.5 Å². The number of hydrogen-bond donors (Lipinski definition) is 2. The van der Waals surface area contributed by atoms with E-state index in [0.717, 1.165) is 22.7 Å². The number of hydrogen-bond acceptors (Lipinski definition) is 4. The summed E-state index contributed by atoms with van der Waals surface area (Å²) < 4.78 is 18.7. The minimum absolute atomic E-state index is 0.369. The first-order chi connectivity index (χ1) is 9.29. The van der Waals surface area contributed by atoms with Crippen molar-refractivity contribution in [3.8, 4) is 0 Å². The van der Waals surface area contributed by atoms with Gasteiger partial charge in [-0.15, -0.1) is 0 Å². The van der Waals surface area contributed by atoms with E-state index in [4.69, 9.17) is 10.3 Å². The Morgan fingerprint density at radius 3 is 2.89 bits per heavy atom. The monoisotopic (exact) mass is 257 g/mol. The third-order valence-corrected chi connectivity index (χ3v) is 3.05. The van der Waals surface area contributed by atoms with Gasteiger partial charge in [0.1, 0.15) is 11.4 Å². The molecular formula is C14H12FN3O. The summed E-state index contributed by atoms with van der Waals surface area (Å²) in [6.07, 6.45) is 4.36. The second-order valence-electron chi connectivity index (χ2n) is 4.22. The molecule has 2 heterocycles. The largest absolute Gasteiger partial charge is 0.464 e. The van der Waals surface area contributed by atoms with E-state index < -0.39 is 5.82 Å². The summed E-state index contributed by atoms with van der Waals surface area (Å²) >= 11 is 0. The predicted molar refractivity (Wildman–Crippen MR) is 69.6 cm³/mol. The Labute approximate surface area is 109 Å². The van der Waals surface area contributed by atoms with Gasteiger partial charge in [0.05, 0.1) is 18.5 Å². The fourth-order valence-electron chi connectivity index (χ4n) is 2.17. The Morgan fingerprint density at radius 1 is 1.26 bits per heavy atom. The van der Waals surface area contributed by atoms with E-state index in [1.165, 1.54) is 6.07 Å². The zero-order chi connectivity index (χ0) is 13.2. The summed E-state index contributed by atoms with van der Waals surface area (Å²) in [5.74, 6) is 5.20. The Bertz CT molecular complexity index is 710. The molecule has 2 aromatic heterocycles. The molecule has 3 N–H and O–H groups in total. The second kappa shape index (κ2) is 4.79. The lowest BCUT2D eigenvalue weighted by Gasteiger charge is -2.14. The van der Waals surface area contributed by atoms with Crippen LogP contribution in [0.25, 0.3) is 11.0 Å². The van der Waals surface area contributed by atoms with Crippen molar-refractivity contribution in [2.75, 3.05) is 0 Å². The van der Waals surface area contributed by atoms with E-state index >= 15 is 0 Å². The van der Waals surface area contributed by atoms with E-state index in [2.05, 4.69) is 10.4 Å². The van der Waals surface area contributed by atoms with Gasteiger partial charge in [0.15, 0.2) is 0 Å². The Kier molecular flexibility index (Phi) is 2.98. The SMILES string of the molecule is NNC(c1cncc(F)c1)c1coc2ccccc12. The van der Waals surface area contributed by atoms with Gasteiger partial charge < -0.3 is 4.42 Å². The molecule has 0 aliphatic carbocycles. The molecule has 3 rings (SSSR count). The summed E-state index contributed by atoms with van der Waals surface area (Å²) in [6.45, 7) is 0. The van der Waals surface area contributed by atoms with Crippen LogP contribution in [0.3, 0.4) is 0 Å². The van der Waals surface area contributed by atoms with Crippen molar-refractivity contribution >= 4 is 11.0 Å². The van der Waals surface area contributed by atoms with E-state index in [0.29, 0.717) is 5.56 Å². The highest BCUT2D eigenvalue weighted by molar-refractivity contribution is 5.81. The number of aromatic nitrogens is 1. The van der Waals surface area contributed by atoms with Gasteiger partial charge in [0, 0.05) is 17.1 Å². The van der Waals surface area contributed by atoms with Crippen molar-refractivity contribution in [2.45, 2.75) is 6.04 Å². The number of nitrogens with one attached hydrogen (secondary N) is 1. The van der Waals surface area contributed by atoms with Crippen molar-refractivity contribution in [1.29, 1.82) is 0 Å². The van der Waals surface area contributed by atoms with Crippen molar-refractivity contribution in [1.82, 2.24) is 10.4 Å². The zero-order valence-corrected chi connectivity index (χ0v) is 10.0. The maximum absolute atomic E-state index is 13.3. The quantitative estimate of drug-likeness (QED) is 0.559. The molecule has 0 saturated heterocycles. The van der Waals surface area contributed by atoms with Crippen LogP contribution in [0.4, 0.5) is 4.39 Å². The number of hydrazine groups is 1. The van der Waals surface area contributed by atoms with Crippen LogP contribution >= 0.6 is 0 Å². The topological polar surface area (TPSA) is 64.1 Å². The maximum Gasteiger partial charge on any atom is 0.141 e. The molecule has 1 atom stereocenters. The molecule has 5 heteroatoms. The van der Waals surface area contributed by atoms with Crippen LogP contribution in [-0.4, -0.2) is 4.98 Å². The number of nitrogens with zero attached hydrogens (tertiary/aromatic N) is 1. The lowest BCUT2D eigenvalue weighted by atomic mass is 10.0. The van der Waals surface area contributed by atoms with Gasteiger partial charge in [0.25, 0.3) is 0 Å². The second-order valence-corrected chi connectivity index (χ2v) is 4.22. The number of nitrogens with two attached hydrogens (primary N) is 1. The molecule has 1 unspecified atom stereocenters. The van der Waals surface area contributed by atoms with Crippen LogP contribution in [0.2, 0.25) is 0 Å². The minimum Gasteiger partial charge on any atom is -0.464 e. The molecular weight excluding hydrogens is 245 g/mol. The smallest absolute Gasteiger partial charge is 0.141 e. The molecule has 0 aliphatic heterocycles. The first-order valence-corrected chi connectivity index (χ1v) is 5.82. The highest BCUT2D eigenvalue weighted by atomic mass is 19.1. The van der Waals surface area contributed by atoms with Crippen molar-refractivity contribution in [3.63, 3.8) is 0 Å². The van der Waals surface area contributed by atoms with Crippen LogP contribution in [0, 0.1) is 5.82 Å². The van der Waals surface area contributed by atoms with Gasteiger partial charge in [-0.1, -0.05) is 18.2 Å². The molecule has 0 bridgehead atoms. The molecule has 0 saturated carbocycles. The van der Waals surface area contributed by atoms with Gasteiger partial charge in [-0.05, 0) is 17.7 Å². The number of para-hydroxylation sites is 1. The highest BCUT2D eigenvalue weighted by Crippen LogP contribution is 2.29. The third kappa shape index (κ3) is 2.09. The predicted octanol–water partition coefficient (Wildman–Crippen LogP) is 2.52. The van der Waals surface area contributed by atoms with E-state index in [1.807, 2.05) is 24.3 Å². The average Bonchev–Trinajstić information content (AvgIpc) is 2.84. The molecule has 0 spiro atoms. The summed E-state index contributed by atoms with van der Waals surface area (Å²) in [4.78, 5) is 3.84. The Hall–Kier alpha value is -2.24. The molecule has 0 aliphatic rings. The van der Waals surface area contributed by atoms with Gasteiger partial charge in [-0.2, -0.15) is 0 Å². The average molecular weight is 257 g/mol. The molecule has 1 aromatic carbocycles. The Balaban J connectivity index is 2.12. The Morgan fingerprint density at radius 2 is 2.11 bits per heavy atom. The first-order valence-electron chi connectivity index (χ1n) is 5.82. The number of rotatable bonds is 3. The van der Waals surface area contributed by atoms with Gasteiger partial charge >= 0.3 is 0 Å². The summed E-state index contributed by atoms with van der Waals surface area (Å²) in [5, 5.41) is 0.940. The fraction of sp³-hybridized carbons (Fsp3) is 0.0714. The zero-order valence-electron chi connectivity index (χ0n) is 10.0. The number of furan rings is 1. The number of benzene rings is 1. The van der Waals surface area contributed by atoms with Crippen LogP contribution in [0.1, 0.15) is 17.2 Å². The van der Waals surface area contributed by atoms with Crippen LogP contribution < -0.4 is 11.3 Å². The minimum atomic E-state index is -0.398. The number of pyridine rings is 1. The summed E-state index contributed by atoms with van der Waals surface area (Å²) in [6, 6.07) is 8.65. The standard InChI is InChI=1S/C14H12FN3O/c15-10-5-9(6-17-7-10)14(18-16)12-8-19-13-4-2-1-3-11(12)13/h1-8,14,18H,16H2. The normalized spacial score (nSPS) is 12.7. The summed E-state index contributed by atoms with van der Waals surface area (Å²) in [5.41, 5.74) is 4.94. The van der Waals surface area contributed by atoms with Gasteiger partial charge in [0.2, 0.25) is 0 Å². The van der Waals surface area contributed by atoms with Crippen LogP contribution in [-0.2, 0) is 0 Å². The molecule has 0 amide bonds. The molecule has 4 nitrogen and oxygen atoms in total. The number of fused-ring (bicyclic) bond motifs is 1. The lowest BCUT2D eigenvalue weighted by molar-refractivity contribution is 0.577. The molecule has 0 radical (unpaired) electrons. The summed E-state index contributed by atoms with van der Waals surface area (Å²) in [7, 11) is 0. The fourth-order valence-corrected chi connectivity index (χ4v) is 2.17. The lowest BCUT2D eigenvalue weighted by Crippen LogP contribution is -2.28. The van der Waals surface area contributed by atoms with Crippen LogP contribution in [0.5, 0.6) is 0 Å². The molecule has 3 aromatic rings. The van der Waals surface area contributed by atoms with E-state index in [-0.39, 0.29) is 6.04 Å². The van der Waals surface area contributed by atoms with Gasteiger partial charge in [-0.3, -0.25) is 10.8 Å². The van der Waals surface area contributed by atoms with Crippen molar-refractivity contribution < 1.29 is 8.81 Å². The van der Waals surface area contributed by atoms with E-state index in [9.17, 15) is 4.39 Å². The first kappa shape index (κ1) is 11.8. The highest BCUT2D eigenvalue weighted by Gasteiger charge is 2.18. The maximum atomic E-state index is 13.3. The van der Waals surface area contributed by atoms with Crippen LogP contribution in [0.15, 0.2) is 53.4 Å². The van der Waals surface area contributed by atoms with Crippen molar-refractivity contribution in [3.05, 3.63) is 65.9 Å². The number of halogens is 1. The molecule has 19 heavy (non-hydrogen) atoms. The van der Waals surface area contributed by atoms with Crippen molar-refractivity contribution in [2.24, 2.45) is 5.84 Å². The molecule has 0 fully saturated rings.